The van der Waals surface area contributed by atoms with Crippen LogP contribution in [-0.2, 0) is 0 Å². The number of rotatable bonds is 7. The van der Waals surface area contributed by atoms with E-state index in [-0.39, 0.29) is 0 Å². The van der Waals surface area contributed by atoms with Crippen molar-refractivity contribution in [3.63, 3.8) is 0 Å². The highest BCUT2D eigenvalue weighted by Crippen LogP contribution is 2.41. The van der Waals surface area contributed by atoms with Gasteiger partial charge in [-0.3, -0.25) is 0 Å². The Morgan fingerprint density at radius 1 is 0.291 bits per heavy atom. The van der Waals surface area contributed by atoms with Gasteiger partial charge in [0.05, 0.1) is 11.4 Å². The van der Waals surface area contributed by atoms with Gasteiger partial charge in [0.1, 0.15) is 0 Å². The molecule has 7 aromatic carbocycles. The molecule has 0 atom stereocenters. The number of benzene rings is 7. The maximum absolute atomic E-state index is 5.15. The maximum Gasteiger partial charge on any atom is 0.164 e. The molecule has 0 aliphatic heterocycles. The van der Waals surface area contributed by atoms with Crippen molar-refractivity contribution in [2.24, 2.45) is 0 Å². The third kappa shape index (κ3) is 6.35. The second kappa shape index (κ2) is 14.0. The van der Waals surface area contributed by atoms with E-state index < -0.39 is 0 Å². The van der Waals surface area contributed by atoms with Crippen molar-refractivity contribution in [2.75, 3.05) is 0 Å². The highest BCUT2D eigenvalue weighted by molar-refractivity contribution is 7.26. The summed E-state index contributed by atoms with van der Waals surface area (Å²) in [6, 6.07) is 64.5. The van der Waals surface area contributed by atoms with Crippen LogP contribution >= 0.6 is 11.3 Å². The van der Waals surface area contributed by atoms with Crippen molar-refractivity contribution < 1.29 is 0 Å². The normalized spacial score (nSPS) is 11.3. The van der Waals surface area contributed by atoms with E-state index in [1.54, 1.807) is 11.3 Å². The summed E-state index contributed by atoms with van der Waals surface area (Å²) in [6.45, 7) is 0. The van der Waals surface area contributed by atoms with Crippen molar-refractivity contribution in [1.82, 2.24) is 24.9 Å². The van der Waals surface area contributed by atoms with Gasteiger partial charge < -0.3 is 0 Å². The monoisotopic (exact) mass is 721 g/mol. The lowest BCUT2D eigenvalue weighted by molar-refractivity contribution is 1.07. The average molecular weight is 722 g/mol. The topological polar surface area (TPSA) is 64.5 Å². The summed E-state index contributed by atoms with van der Waals surface area (Å²) in [5.41, 5.74) is 9.99. The van der Waals surface area contributed by atoms with E-state index in [2.05, 4.69) is 115 Å². The Balaban J connectivity index is 1.09. The van der Waals surface area contributed by atoms with Crippen molar-refractivity contribution >= 4 is 31.5 Å². The fourth-order valence-corrected chi connectivity index (χ4v) is 8.24. The molecule has 258 valence electrons. The smallest absolute Gasteiger partial charge is 0.164 e. The highest BCUT2D eigenvalue weighted by atomic mass is 32.1. The third-order valence-electron chi connectivity index (χ3n) is 9.78. The van der Waals surface area contributed by atoms with Gasteiger partial charge in [0.25, 0.3) is 0 Å². The molecule has 3 heterocycles. The molecule has 5 nitrogen and oxygen atoms in total. The molecule has 10 aromatic rings. The van der Waals surface area contributed by atoms with Crippen LogP contribution < -0.4 is 0 Å². The van der Waals surface area contributed by atoms with Gasteiger partial charge in [-0.15, -0.1) is 11.3 Å². The molecule has 0 saturated carbocycles. The predicted molar refractivity (Wildman–Crippen MR) is 226 cm³/mol. The molecule has 55 heavy (non-hydrogen) atoms. The molecule has 0 spiro atoms. The van der Waals surface area contributed by atoms with Crippen molar-refractivity contribution in [3.8, 4) is 79.2 Å². The molecular formula is C49H31N5S. The number of aromatic nitrogens is 5. The fraction of sp³-hybridized carbons (Fsp3) is 0. The van der Waals surface area contributed by atoms with Crippen LogP contribution in [0.4, 0.5) is 0 Å². The van der Waals surface area contributed by atoms with Gasteiger partial charge in [-0.1, -0.05) is 170 Å². The van der Waals surface area contributed by atoms with Crippen LogP contribution in [0.2, 0.25) is 0 Å². The summed E-state index contributed by atoms with van der Waals surface area (Å²) in [6.07, 6.45) is 0. The number of nitrogens with zero attached hydrogens (tertiary/aromatic N) is 5. The number of hydrogen-bond acceptors (Lipinski definition) is 6. The quantitative estimate of drug-likeness (QED) is 0.164. The summed E-state index contributed by atoms with van der Waals surface area (Å²) in [7, 11) is 0. The van der Waals surface area contributed by atoms with Gasteiger partial charge in [0.2, 0.25) is 0 Å². The SMILES string of the molecule is c1ccc(-c2ccc(-c3nc(-c4ccccc4)nc(-c4ccc5c(c4)sc4c(-c6nc(-c7ccccc7)cc(-c7ccccc7)n6)cccc45)n3)cc2)cc1. The van der Waals surface area contributed by atoms with Crippen molar-refractivity contribution in [1.29, 1.82) is 0 Å². The third-order valence-corrected chi connectivity index (χ3v) is 11.0. The summed E-state index contributed by atoms with van der Waals surface area (Å²) in [5, 5.41) is 2.33. The zero-order chi connectivity index (χ0) is 36.6. The Labute approximate surface area is 322 Å². The lowest BCUT2D eigenvalue weighted by atomic mass is 10.0. The van der Waals surface area contributed by atoms with E-state index in [4.69, 9.17) is 24.9 Å². The number of thiophene rings is 1. The molecule has 10 rings (SSSR count). The highest BCUT2D eigenvalue weighted by Gasteiger charge is 2.18. The summed E-state index contributed by atoms with van der Waals surface area (Å²) < 4.78 is 2.27. The minimum absolute atomic E-state index is 0.627. The molecule has 0 radical (unpaired) electrons. The van der Waals surface area contributed by atoms with E-state index in [0.717, 1.165) is 59.7 Å². The molecule has 0 fully saturated rings. The predicted octanol–water partition coefficient (Wildman–Crippen LogP) is 12.7. The van der Waals surface area contributed by atoms with Crippen molar-refractivity contribution in [2.45, 2.75) is 0 Å². The van der Waals surface area contributed by atoms with Crippen LogP contribution in [-0.4, -0.2) is 24.9 Å². The van der Waals surface area contributed by atoms with E-state index >= 15 is 0 Å². The molecule has 0 unspecified atom stereocenters. The first-order chi connectivity index (χ1) is 27.2. The van der Waals surface area contributed by atoms with Crippen LogP contribution in [0.15, 0.2) is 188 Å². The first-order valence-corrected chi connectivity index (χ1v) is 19.0. The van der Waals surface area contributed by atoms with Gasteiger partial charge in [0.15, 0.2) is 23.3 Å². The Kier molecular flexibility index (Phi) is 8.28. The molecule has 3 aromatic heterocycles. The largest absolute Gasteiger partial charge is 0.228 e. The Hall–Kier alpha value is -7.15. The van der Waals surface area contributed by atoms with E-state index in [1.807, 2.05) is 72.8 Å². The first kappa shape index (κ1) is 32.5. The minimum Gasteiger partial charge on any atom is -0.228 e. The lowest BCUT2D eigenvalue weighted by Crippen LogP contribution is -2.00. The first-order valence-electron chi connectivity index (χ1n) is 18.2. The van der Waals surface area contributed by atoms with Crippen LogP contribution in [0.1, 0.15) is 0 Å². The van der Waals surface area contributed by atoms with Crippen LogP contribution in [0.3, 0.4) is 0 Å². The van der Waals surface area contributed by atoms with Gasteiger partial charge in [-0.2, -0.15) is 0 Å². The lowest BCUT2D eigenvalue weighted by Gasteiger charge is -2.10. The summed E-state index contributed by atoms with van der Waals surface area (Å²) in [5.74, 6) is 2.59. The second-order valence-corrected chi connectivity index (χ2v) is 14.4. The molecular weight excluding hydrogens is 691 g/mol. The number of hydrogen-bond donors (Lipinski definition) is 0. The van der Waals surface area contributed by atoms with E-state index in [0.29, 0.717) is 23.3 Å². The molecule has 0 aliphatic rings. The molecule has 0 bridgehead atoms. The zero-order valence-electron chi connectivity index (χ0n) is 29.5. The Morgan fingerprint density at radius 3 is 1.33 bits per heavy atom. The molecule has 0 amide bonds. The van der Waals surface area contributed by atoms with Crippen LogP contribution in [0.5, 0.6) is 0 Å². The molecule has 0 saturated heterocycles. The van der Waals surface area contributed by atoms with E-state index in [9.17, 15) is 0 Å². The number of fused-ring (bicyclic) bond motifs is 3. The Bertz CT molecular complexity index is 2890. The van der Waals surface area contributed by atoms with Crippen LogP contribution in [0.25, 0.3) is 99.4 Å². The molecule has 0 N–H and O–H groups in total. The minimum atomic E-state index is 0.627. The van der Waals surface area contributed by atoms with E-state index in [1.165, 1.54) is 16.3 Å². The van der Waals surface area contributed by atoms with Crippen LogP contribution in [0, 0.1) is 0 Å². The maximum atomic E-state index is 5.15. The summed E-state index contributed by atoms with van der Waals surface area (Å²) >= 11 is 1.74. The zero-order valence-corrected chi connectivity index (χ0v) is 30.4. The average Bonchev–Trinajstić information content (AvgIpc) is 3.66. The molecule has 6 heteroatoms. The molecule has 0 aliphatic carbocycles. The van der Waals surface area contributed by atoms with Gasteiger partial charge in [-0.05, 0) is 29.3 Å². The van der Waals surface area contributed by atoms with Gasteiger partial charge in [0, 0.05) is 53.6 Å². The van der Waals surface area contributed by atoms with Gasteiger partial charge >= 0.3 is 0 Å². The summed E-state index contributed by atoms with van der Waals surface area (Å²) in [4.78, 5) is 25.4. The van der Waals surface area contributed by atoms with Crippen molar-refractivity contribution in [3.05, 3.63) is 188 Å². The standard InChI is InChI=1S/C49H31N5S/c1-5-14-32(15-6-1)33-24-26-37(27-25-33)47-52-46(36-20-11-4-12-21-36)53-48(54-47)38-28-29-39-40-22-13-23-41(45(40)55-44(39)30-38)49-50-42(34-16-7-2-8-17-34)31-43(51-49)35-18-9-3-10-19-35/h1-31H. The van der Waals surface area contributed by atoms with Gasteiger partial charge in [-0.25, -0.2) is 24.9 Å². The second-order valence-electron chi connectivity index (χ2n) is 13.3. The Morgan fingerprint density at radius 2 is 0.745 bits per heavy atom. The fourth-order valence-electron chi connectivity index (χ4n) is 6.99.